The van der Waals surface area contributed by atoms with Gasteiger partial charge in [-0.3, -0.25) is 4.90 Å². The van der Waals surface area contributed by atoms with Gasteiger partial charge in [-0.2, -0.15) is 5.10 Å². The van der Waals surface area contributed by atoms with Gasteiger partial charge < -0.3 is 14.5 Å². The summed E-state index contributed by atoms with van der Waals surface area (Å²) in [6.45, 7) is 7.94. The summed E-state index contributed by atoms with van der Waals surface area (Å²) < 4.78 is 8.14. The van der Waals surface area contributed by atoms with Crippen LogP contribution in [0.5, 0.6) is 5.75 Å². The van der Waals surface area contributed by atoms with Gasteiger partial charge in [0.05, 0.1) is 12.2 Å². The van der Waals surface area contributed by atoms with E-state index in [4.69, 9.17) is 9.72 Å². The number of ether oxygens (including phenoxy) is 1. The van der Waals surface area contributed by atoms with Crippen LogP contribution < -0.4 is 9.64 Å². The van der Waals surface area contributed by atoms with Crippen LogP contribution in [0.25, 0.3) is 16.8 Å². The van der Waals surface area contributed by atoms with E-state index in [-0.39, 0.29) is 0 Å². The van der Waals surface area contributed by atoms with Crippen LogP contribution in [-0.4, -0.2) is 83.9 Å². The molecule has 7 nitrogen and oxygen atoms in total. The number of anilines is 1. The molecule has 5 rings (SSSR count). The second kappa shape index (κ2) is 7.31. The second-order valence-corrected chi connectivity index (χ2v) is 8.27. The van der Waals surface area contributed by atoms with E-state index in [0.717, 1.165) is 61.1 Å². The van der Waals surface area contributed by atoms with E-state index in [1.165, 1.54) is 5.56 Å². The number of nitrogens with zero attached hydrogens (tertiary/aromatic N) is 6. The zero-order valence-electron chi connectivity index (χ0n) is 17.4. The lowest BCUT2D eigenvalue weighted by Crippen LogP contribution is -2.55. The molecular weight excluding hydrogens is 364 g/mol. The van der Waals surface area contributed by atoms with Gasteiger partial charge >= 0.3 is 0 Å². The fourth-order valence-corrected chi connectivity index (χ4v) is 4.33. The topological polar surface area (TPSA) is 49.1 Å². The van der Waals surface area contributed by atoms with Gasteiger partial charge in [0.25, 0.3) is 0 Å². The molecule has 1 fully saturated rings. The molecule has 4 bridgehead atoms. The molecule has 0 aliphatic carbocycles. The third-order valence-electron chi connectivity index (χ3n) is 6.22. The van der Waals surface area contributed by atoms with E-state index >= 15 is 0 Å². The highest BCUT2D eigenvalue weighted by Gasteiger charge is 2.26. The normalized spacial score (nSPS) is 21.1. The monoisotopic (exact) mass is 392 g/mol. The van der Waals surface area contributed by atoms with Crippen molar-refractivity contribution in [1.29, 1.82) is 0 Å². The predicted octanol–water partition coefficient (Wildman–Crippen LogP) is 2.15. The summed E-state index contributed by atoms with van der Waals surface area (Å²) in [6.07, 6.45) is 3.90. The van der Waals surface area contributed by atoms with Crippen LogP contribution in [0, 0.1) is 6.92 Å². The van der Waals surface area contributed by atoms with Crippen LogP contribution in [0.15, 0.2) is 36.7 Å². The first-order valence-corrected chi connectivity index (χ1v) is 10.3. The summed E-state index contributed by atoms with van der Waals surface area (Å²) in [6, 6.07) is 8.76. The minimum absolute atomic E-state index is 0.386. The Kier molecular flexibility index (Phi) is 4.64. The van der Waals surface area contributed by atoms with Crippen molar-refractivity contribution in [3.63, 3.8) is 0 Å². The van der Waals surface area contributed by atoms with Gasteiger partial charge in [-0.25, -0.2) is 9.50 Å². The fraction of sp³-hybridized carbons (Fsp3) is 0.455. The Morgan fingerprint density at radius 1 is 1.03 bits per heavy atom. The molecule has 4 heterocycles. The van der Waals surface area contributed by atoms with Gasteiger partial charge in [0.1, 0.15) is 18.2 Å². The number of aromatic nitrogens is 3. The molecule has 0 N–H and O–H groups in total. The van der Waals surface area contributed by atoms with E-state index in [1.807, 2.05) is 23.0 Å². The molecule has 1 atom stereocenters. The molecule has 2 aromatic heterocycles. The molecule has 2 aliphatic heterocycles. The van der Waals surface area contributed by atoms with E-state index in [9.17, 15) is 0 Å². The Labute approximate surface area is 171 Å². The molecule has 1 aromatic carbocycles. The maximum atomic E-state index is 6.29. The lowest BCUT2D eigenvalue weighted by atomic mass is 10.0. The molecule has 0 saturated carbocycles. The number of likely N-dealkylation sites (N-methyl/N-ethyl adjacent to an activating group) is 2. The molecule has 0 amide bonds. The number of rotatable bonds is 0. The molecule has 3 aromatic rings. The van der Waals surface area contributed by atoms with E-state index in [1.54, 1.807) is 0 Å². The molecule has 0 radical (unpaired) electrons. The van der Waals surface area contributed by atoms with Gasteiger partial charge in [0.2, 0.25) is 0 Å². The summed E-state index contributed by atoms with van der Waals surface area (Å²) in [5.41, 5.74) is 4.24. The van der Waals surface area contributed by atoms with E-state index in [0.29, 0.717) is 12.6 Å². The van der Waals surface area contributed by atoms with Gasteiger partial charge in [-0.05, 0) is 43.3 Å². The highest BCUT2D eigenvalue weighted by atomic mass is 16.5. The Morgan fingerprint density at radius 3 is 2.79 bits per heavy atom. The van der Waals surface area contributed by atoms with Crippen LogP contribution in [0.1, 0.15) is 5.56 Å². The number of benzene rings is 1. The highest BCUT2D eigenvalue weighted by molar-refractivity contribution is 5.80. The smallest absolute Gasteiger partial charge is 0.165 e. The zero-order chi connectivity index (χ0) is 20.0. The first-order chi connectivity index (χ1) is 14.1. The third kappa shape index (κ3) is 3.45. The summed E-state index contributed by atoms with van der Waals surface area (Å²) in [5, 5.41) is 4.52. The lowest BCUT2D eigenvalue weighted by molar-refractivity contribution is 0.0603. The van der Waals surface area contributed by atoms with Crippen molar-refractivity contribution in [3.8, 4) is 16.9 Å². The minimum atomic E-state index is 0.386. The van der Waals surface area contributed by atoms with Gasteiger partial charge in [0, 0.05) is 51.5 Å². The standard InChI is InChI=1S/C22H28N6O/c1-16-4-5-18-12-19(16)20-13-23-28-7-6-21(24-22(20)28)26(3)9-11-27-10-8-25(2)14-17(27)15-29-18/h4-7,12-13,17H,8-11,14-15H2,1-3H3/t17-/m0/s1. The molecular formula is C22H28N6O. The summed E-state index contributed by atoms with van der Waals surface area (Å²) in [7, 11) is 4.31. The first-order valence-electron chi connectivity index (χ1n) is 10.3. The molecule has 7 heteroatoms. The largest absolute Gasteiger partial charge is 0.492 e. The number of aryl methyl sites for hydroxylation is 1. The Morgan fingerprint density at radius 2 is 1.90 bits per heavy atom. The van der Waals surface area contributed by atoms with Crippen molar-refractivity contribution >= 4 is 11.5 Å². The van der Waals surface area contributed by atoms with Crippen LogP contribution in [0.4, 0.5) is 5.82 Å². The van der Waals surface area contributed by atoms with E-state index < -0.39 is 0 Å². The summed E-state index contributed by atoms with van der Waals surface area (Å²) >= 11 is 0. The van der Waals surface area contributed by atoms with Gasteiger partial charge in [-0.15, -0.1) is 0 Å². The molecule has 0 spiro atoms. The molecule has 152 valence electrons. The van der Waals surface area contributed by atoms with Gasteiger partial charge in [0.15, 0.2) is 5.65 Å². The van der Waals surface area contributed by atoms with Gasteiger partial charge in [-0.1, -0.05) is 6.07 Å². The number of fused-ring (bicyclic) bond motifs is 5. The van der Waals surface area contributed by atoms with Crippen LogP contribution >= 0.6 is 0 Å². The quantitative estimate of drug-likeness (QED) is 0.584. The average Bonchev–Trinajstić information content (AvgIpc) is 3.14. The maximum Gasteiger partial charge on any atom is 0.165 e. The summed E-state index contributed by atoms with van der Waals surface area (Å²) in [5.74, 6) is 1.88. The average molecular weight is 393 g/mol. The third-order valence-corrected chi connectivity index (χ3v) is 6.22. The maximum absolute atomic E-state index is 6.29. The van der Waals surface area contributed by atoms with Crippen LogP contribution in [0.3, 0.4) is 0 Å². The second-order valence-electron chi connectivity index (χ2n) is 8.27. The SMILES string of the molecule is Cc1ccc2cc1-c1cnn3ccc(nc13)N(C)CCN1CCN(C)C[C@H]1CO2. The van der Waals surface area contributed by atoms with Crippen LogP contribution in [-0.2, 0) is 0 Å². The Bertz CT molecular complexity index is 1030. The van der Waals surface area contributed by atoms with Crippen molar-refractivity contribution in [2.45, 2.75) is 13.0 Å². The van der Waals surface area contributed by atoms with Crippen molar-refractivity contribution in [2.75, 3.05) is 58.3 Å². The Hall–Kier alpha value is -2.64. The predicted molar refractivity (Wildman–Crippen MR) is 115 cm³/mol. The van der Waals surface area contributed by atoms with E-state index in [2.05, 4.69) is 59.0 Å². The number of piperazine rings is 1. The summed E-state index contributed by atoms with van der Waals surface area (Å²) in [4.78, 5) is 12.1. The molecule has 29 heavy (non-hydrogen) atoms. The van der Waals surface area contributed by atoms with Crippen LogP contribution in [0.2, 0.25) is 0 Å². The number of hydrogen-bond acceptors (Lipinski definition) is 6. The number of hydrogen-bond donors (Lipinski definition) is 0. The fourth-order valence-electron chi connectivity index (χ4n) is 4.33. The minimum Gasteiger partial charge on any atom is -0.492 e. The van der Waals surface area contributed by atoms with Crippen molar-refractivity contribution in [2.24, 2.45) is 0 Å². The van der Waals surface area contributed by atoms with Crippen molar-refractivity contribution in [3.05, 3.63) is 42.2 Å². The first kappa shape index (κ1) is 18.4. The molecule has 2 aliphatic rings. The Balaban J connectivity index is 1.60. The lowest BCUT2D eigenvalue weighted by Gasteiger charge is -2.40. The van der Waals surface area contributed by atoms with Crippen molar-refractivity contribution in [1.82, 2.24) is 24.4 Å². The molecule has 1 saturated heterocycles. The molecule has 0 unspecified atom stereocenters. The van der Waals surface area contributed by atoms with Crippen molar-refractivity contribution < 1.29 is 4.74 Å². The highest BCUT2D eigenvalue weighted by Crippen LogP contribution is 2.31. The zero-order valence-corrected chi connectivity index (χ0v) is 17.4.